The van der Waals surface area contributed by atoms with Gasteiger partial charge in [0.25, 0.3) is 0 Å². The van der Waals surface area contributed by atoms with Crippen molar-refractivity contribution in [1.82, 2.24) is 0 Å². The molecule has 0 amide bonds. The van der Waals surface area contributed by atoms with Crippen molar-refractivity contribution in [1.29, 1.82) is 0 Å². The Hall–Kier alpha value is -2.72. The number of allylic oxidation sites excluding steroid dienone is 2. The van der Waals surface area contributed by atoms with Crippen molar-refractivity contribution in [3.05, 3.63) is 60.2 Å². The van der Waals surface area contributed by atoms with Gasteiger partial charge < -0.3 is 20.1 Å². The lowest BCUT2D eigenvalue weighted by molar-refractivity contribution is -0.140. The molecule has 1 aromatic rings. The summed E-state index contributed by atoms with van der Waals surface area (Å²) in [6.45, 7) is 0. The van der Waals surface area contributed by atoms with Crippen molar-refractivity contribution in [3.63, 3.8) is 0 Å². The third-order valence-electron chi connectivity index (χ3n) is 5.36. The lowest BCUT2D eigenvalue weighted by Gasteiger charge is -2.19. The number of benzene rings is 1. The molecule has 0 heterocycles. The molecule has 1 aliphatic rings. The van der Waals surface area contributed by atoms with E-state index in [1.54, 1.807) is 36.4 Å². The number of esters is 1. The van der Waals surface area contributed by atoms with Crippen molar-refractivity contribution >= 4 is 11.8 Å². The van der Waals surface area contributed by atoms with Crippen LogP contribution in [0.3, 0.4) is 0 Å². The summed E-state index contributed by atoms with van der Waals surface area (Å²) in [6, 6.07) is 8.60. The number of methoxy groups -OCH3 is 1. The molecule has 0 unspecified atom stereocenters. The van der Waals surface area contributed by atoms with Gasteiger partial charge in [0.1, 0.15) is 6.10 Å². The Balaban J connectivity index is 1.89. The highest BCUT2D eigenvalue weighted by Gasteiger charge is 2.39. The minimum Gasteiger partial charge on any atom is -0.469 e. The van der Waals surface area contributed by atoms with Crippen LogP contribution in [0, 0.1) is 23.7 Å². The van der Waals surface area contributed by atoms with Crippen LogP contribution in [0.15, 0.2) is 54.6 Å². The van der Waals surface area contributed by atoms with Crippen LogP contribution in [0.1, 0.15) is 42.5 Å². The molecule has 0 bridgehead atoms. The molecule has 0 spiro atoms. The maximum absolute atomic E-state index is 12.0. The summed E-state index contributed by atoms with van der Waals surface area (Å²) in [7, 11) is 1.36. The molecule has 5 atom stereocenters. The standard InChI is InChI=1S/C25H30O6/c1-31-25(30)12-8-3-2-7-11-20-21(24(29)17-23(20)28)15-13-19(26)14-16-22(27)18-9-5-4-6-10-18/h2,4-7,9-10,13,15,19-21,23-24,26,28-29H,3,8,11-12,17H2,1H3/b7-2-,15-13+/t19-,20-,21-,23+,24-/m1/s1. The SMILES string of the molecule is COC(=O)CCC/C=C\C[C@@H]1[C@@H](/C=C/[C@@H](O)C#CC(=O)c2ccccc2)[C@H](O)C[C@@H]1O. The second-order valence-corrected chi connectivity index (χ2v) is 7.58. The second kappa shape index (κ2) is 12.9. The molecule has 0 aliphatic heterocycles. The van der Waals surface area contributed by atoms with Crippen molar-refractivity contribution in [2.24, 2.45) is 11.8 Å². The fraction of sp³-hybridized carbons (Fsp3) is 0.440. The molecule has 0 aromatic heterocycles. The van der Waals surface area contributed by atoms with Gasteiger partial charge in [-0.3, -0.25) is 9.59 Å². The number of carbonyl (C=O) groups excluding carboxylic acids is 2. The number of rotatable bonds is 9. The third-order valence-corrected chi connectivity index (χ3v) is 5.36. The molecule has 6 nitrogen and oxygen atoms in total. The highest BCUT2D eigenvalue weighted by Crippen LogP contribution is 2.36. The van der Waals surface area contributed by atoms with Gasteiger partial charge in [-0.25, -0.2) is 0 Å². The summed E-state index contributed by atoms with van der Waals surface area (Å²) in [5.41, 5.74) is 0.457. The molecule has 166 valence electrons. The van der Waals surface area contributed by atoms with Gasteiger partial charge in [-0.1, -0.05) is 54.5 Å². The number of aliphatic hydroxyl groups excluding tert-OH is 3. The maximum Gasteiger partial charge on any atom is 0.305 e. The first-order valence-electron chi connectivity index (χ1n) is 10.5. The minimum atomic E-state index is -1.15. The van der Waals surface area contributed by atoms with E-state index in [-0.39, 0.29) is 30.0 Å². The zero-order chi connectivity index (χ0) is 22.6. The Morgan fingerprint density at radius 3 is 2.65 bits per heavy atom. The van der Waals surface area contributed by atoms with Gasteiger partial charge in [-0.15, -0.1) is 0 Å². The Labute approximate surface area is 183 Å². The highest BCUT2D eigenvalue weighted by molar-refractivity contribution is 6.09. The molecule has 0 saturated heterocycles. The van der Waals surface area contributed by atoms with Gasteiger partial charge in [0, 0.05) is 24.3 Å². The van der Waals surface area contributed by atoms with Crippen LogP contribution in [0.4, 0.5) is 0 Å². The van der Waals surface area contributed by atoms with Crippen LogP contribution in [-0.4, -0.2) is 52.5 Å². The first kappa shape index (κ1) is 24.5. The molecular formula is C25H30O6. The number of ether oxygens (including phenoxy) is 1. The second-order valence-electron chi connectivity index (χ2n) is 7.58. The van der Waals surface area contributed by atoms with E-state index < -0.39 is 18.3 Å². The predicted molar refractivity (Wildman–Crippen MR) is 117 cm³/mol. The summed E-state index contributed by atoms with van der Waals surface area (Å²) in [5.74, 6) is 3.80. The van der Waals surface area contributed by atoms with E-state index in [1.165, 1.54) is 13.2 Å². The van der Waals surface area contributed by atoms with Crippen LogP contribution < -0.4 is 0 Å². The van der Waals surface area contributed by atoms with Crippen molar-refractivity contribution < 1.29 is 29.6 Å². The smallest absolute Gasteiger partial charge is 0.305 e. The van der Waals surface area contributed by atoms with E-state index in [4.69, 9.17) is 0 Å². The molecule has 6 heteroatoms. The Morgan fingerprint density at radius 1 is 1.19 bits per heavy atom. The van der Waals surface area contributed by atoms with Gasteiger partial charge in [0.15, 0.2) is 0 Å². The number of Topliss-reactive ketones (excluding diaryl/α,β-unsaturated/α-hetero) is 1. The summed E-state index contributed by atoms with van der Waals surface area (Å²) < 4.78 is 4.60. The molecule has 2 rings (SSSR count). The zero-order valence-corrected chi connectivity index (χ0v) is 17.7. The number of hydrogen-bond acceptors (Lipinski definition) is 6. The largest absolute Gasteiger partial charge is 0.469 e. The minimum absolute atomic E-state index is 0.186. The Bertz CT molecular complexity index is 833. The van der Waals surface area contributed by atoms with Gasteiger partial charge >= 0.3 is 5.97 Å². The molecule has 1 aliphatic carbocycles. The van der Waals surface area contributed by atoms with Crippen LogP contribution in [0.25, 0.3) is 0 Å². The maximum atomic E-state index is 12.0. The average Bonchev–Trinajstić information content (AvgIpc) is 3.05. The fourth-order valence-electron chi connectivity index (χ4n) is 3.63. The molecule has 1 saturated carbocycles. The Morgan fingerprint density at radius 2 is 1.94 bits per heavy atom. The van der Waals surface area contributed by atoms with E-state index in [9.17, 15) is 24.9 Å². The monoisotopic (exact) mass is 426 g/mol. The normalized spacial score (nSPS) is 24.1. The quantitative estimate of drug-likeness (QED) is 0.140. The summed E-state index contributed by atoms with van der Waals surface area (Å²) in [6.07, 6.45) is 7.13. The highest BCUT2D eigenvalue weighted by atomic mass is 16.5. The summed E-state index contributed by atoms with van der Waals surface area (Å²) in [5, 5.41) is 30.6. The Kier molecular flexibility index (Phi) is 10.2. The first-order valence-corrected chi connectivity index (χ1v) is 10.5. The van der Waals surface area contributed by atoms with E-state index in [0.29, 0.717) is 24.8 Å². The van der Waals surface area contributed by atoms with Crippen molar-refractivity contribution in [2.45, 2.75) is 50.4 Å². The van der Waals surface area contributed by atoms with Gasteiger partial charge in [-0.2, -0.15) is 0 Å². The molecule has 0 radical (unpaired) electrons. The average molecular weight is 427 g/mol. The third kappa shape index (κ3) is 8.14. The number of unbranched alkanes of at least 4 members (excludes halogenated alkanes) is 1. The molecular weight excluding hydrogens is 396 g/mol. The van der Waals surface area contributed by atoms with Crippen molar-refractivity contribution in [2.75, 3.05) is 7.11 Å². The van der Waals surface area contributed by atoms with E-state index in [2.05, 4.69) is 16.6 Å². The number of hydrogen-bond donors (Lipinski definition) is 3. The molecule has 1 fully saturated rings. The van der Waals surface area contributed by atoms with Crippen LogP contribution in [-0.2, 0) is 9.53 Å². The van der Waals surface area contributed by atoms with Crippen LogP contribution in [0.5, 0.6) is 0 Å². The van der Waals surface area contributed by atoms with Crippen LogP contribution >= 0.6 is 0 Å². The topological polar surface area (TPSA) is 104 Å². The first-order chi connectivity index (χ1) is 14.9. The van der Waals surface area contributed by atoms with Gasteiger partial charge in [0.2, 0.25) is 5.78 Å². The molecule has 1 aromatic carbocycles. The lowest BCUT2D eigenvalue weighted by atomic mass is 9.89. The molecule has 31 heavy (non-hydrogen) atoms. The van der Waals surface area contributed by atoms with Gasteiger partial charge in [-0.05, 0) is 37.2 Å². The van der Waals surface area contributed by atoms with E-state index in [0.717, 1.165) is 6.42 Å². The van der Waals surface area contributed by atoms with E-state index >= 15 is 0 Å². The lowest BCUT2D eigenvalue weighted by Crippen LogP contribution is -2.20. The fourth-order valence-corrected chi connectivity index (χ4v) is 3.63. The van der Waals surface area contributed by atoms with E-state index in [1.807, 2.05) is 12.2 Å². The number of carbonyl (C=O) groups is 2. The number of ketones is 1. The zero-order valence-electron chi connectivity index (χ0n) is 17.7. The van der Waals surface area contributed by atoms with Gasteiger partial charge in [0.05, 0.1) is 19.3 Å². The van der Waals surface area contributed by atoms with Crippen LogP contribution in [0.2, 0.25) is 0 Å². The number of aliphatic hydroxyl groups is 3. The molecule has 3 N–H and O–H groups in total. The summed E-state index contributed by atoms with van der Waals surface area (Å²) in [4.78, 5) is 23.1. The van der Waals surface area contributed by atoms with Crippen molar-refractivity contribution in [3.8, 4) is 11.8 Å². The predicted octanol–water partition coefficient (Wildman–Crippen LogP) is 2.44. The summed E-state index contributed by atoms with van der Waals surface area (Å²) >= 11 is 0.